The summed E-state index contributed by atoms with van der Waals surface area (Å²) < 4.78 is 11.0. The first-order valence-corrected chi connectivity index (χ1v) is 10.3. The van der Waals surface area contributed by atoms with Crippen LogP contribution < -0.4 is 20.7 Å². The van der Waals surface area contributed by atoms with Gasteiger partial charge in [-0.1, -0.05) is 32.9 Å². The quantitative estimate of drug-likeness (QED) is 0.176. The van der Waals surface area contributed by atoms with Crippen molar-refractivity contribution in [1.29, 1.82) is 0 Å². The number of rotatable bonds is 11. The van der Waals surface area contributed by atoms with Gasteiger partial charge < -0.3 is 25.4 Å². The van der Waals surface area contributed by atoms with Crippen molar-refractivity contribution < 1.29 is 14.3 Å². The lowest BCUT2D eigenvalue weighted by atomic mass is 9.96. The number of ether oxygens (including phenoxy) is 2. The molecule has 1 amide bonds. The summed E-state index contributed by atoms with van der Waals surface area (Å²) in [6.45, 7) is 13.5. The highest BCUT2D eigenvalue weighted by Crippen LogP contribution is 2.21. The minimum absolute atomic E-state index is 0. The Bertz CT molecular complexity index is 660. The summed E-state index contributed by atoms with van der Waals surface area (Å²) in [6, 6.07) is 6.16. The second-order valence-corrected chi connectivity index (χ2v) is 7.93. The highest BCUT2D eigenvalue weighted by atomic mass is 127. The standard InChI is InChI=1S/C22H38N4O3.HI/c1-7-23-21(25-12-11-24-20(27)22(3,4)5)26-16-18-10-9-17(2)15-19(18)29-14-8-13-28-6;/h9-10,15H,7-8,11-14,16H2,1-6H3,(H,24,27)(H2,23,25,26);1H. The van der Waals surface area contributed by atoms with Crippen LogP contribution in [0.2, 0.25) is 0 Å². The maximum Gasteiger partial charge on any atom is 0.225 e. The van der Waals surface area contributed by atoms with E-state index in [9.17, 15) is 4.79 Å². The maximum absolute atomic E-state index is 11.9. The molecule has 0 heterocycles. The van der Waals surface area contributed by atoms with E-state index < -0.39 is 0 Å². The fraction of sp³-hybridized carbons (Fsp3) is 0.636. The first kappa shape index (κ1) is 28.5. The number of carbonyl (C=O) groups is 1. The lowest BCUT2D eigenvalue weighted by Crippen LogP contribution is -2.43. The Balaban J connectivity index is 0.00000841. The molecule has 0 radical (unpaired) electrons. The second kappa shape index (κ2) is 15.3. The van der Waals surface area contributed by atoms with Crippen molar-refractivity contribution in [2.24, 2.45) is 10.4 Å². The Morgan fingerprint density at radius 3 is 2.43 bits per heavy atom. The van der Waals surface area contributed by atoms with E-state index in [0.717, 1.165) is 29.8 Å². The third-order valence-corrected chi connectivity index (χ3v) is 4.11. The van der Waals surface area contributed by atoms with E-state index in [1.54, 1.807) is 7.11 Å². The number of hydrogen-bond donors (Lipinski definition) is 3. The van der Waals surface area contributed by atoms with Gasteiger partial charge in [0.25, 0.3) is 0 Å². The molecule has 0 aliphatic carbocycles. The highest BCUT2D eigenvalue weighted by Gasteiger charge is 2.20. The zero-order valence-electron chi connectivity index (χ0n) is 19.3. The minimum atomic E-state index is -0.385. The van der Waals surface area contributed by atoms with Crippen LogP contribution in [0.3, 0.4) is 0 Å². The highest BCUT2D eigenvalue weighted by molar-refractivity contribution is 14.0. The normalized spacial score (nSPS) is 11.5. The molecule has 7 nitrogen and oxygen atoms in total. The third kappa shape index (κ3) is 11.6. The third-order valence-electron chi connectivity index (χ3n) is 4.11. The number of benzene rings is 1. The summed E-state index contributed by atoms with van der Waals surface area (Å²) in [5, 5.41) is 9.41. The number of nitrogens with one attached hydrogen (secondary N) is 3. The van der Waals surface area contributed by atoms with E-state index in [1.165, 1.54) is 0 Å². The number of methoxy groups -OCH3 is 1. The number of aliphatic imine (C=N–C) groups is 1. The summed E-state index contributed by atoms with van der Waals surface area (Å²) >= 11 is 0. The maximum atomic E-state index is 11.9. The van der Waals surface area contributed by atoms with Crippen LogP contribution in [0.4, 0.5) is 0 Å². The van der Waals surface area contributed by atoms with Gasteiger partial charge in [0.1, 0.15) is 5.75 Å². The summed E-state index contributed by atoms with van der Waals surface area (Å²) in [6.07, 6.45) is 0.845. The minimum Gasteiger partial charge on any atom is -0.493 e. The summed E-state index contributed by atoms with van der Waals surface area (Å²) in [5.74, 6) is 1.61. The van der Waals surface area contributed by atoms with Crippen LogP contribution in [0.25, 0.3) is 0 Å². The molecule has 3 N–H and O–H groups in total. The molecular formula is C22H39IN4O3. The van der Waals surface area contributed by atoms with Crippen molar-refractivity contribution in [3.8, 4) is 5.75 Å². The molecule has 1 aromatic rings. The predicted octanol–water partition coefficient (Wildman–Crippen LogP) is 3.25. The Kier molecular flexibility index (Phi) is 14.5. The van der Waals surface area contributed by atoms with Gasteiger partial charge >= 0.3 is 0 Å². The smallest absolute Gasteiger partial charge is 0.225 e. The number of aryl methyl sites for hydroxylation is 1. The van der Waals surface area contributed by atoms with Crippen LogP contribution in [-0.2, 0) is 16.1 Å². The molecule has 0 bridgehead atoms. The zero-order chi connectivity index (χ0) is 21.7. The van der Waals surface area contributed by atoms with E-state index in [4.69, 9.17) is 9.47 Å². The lowest BCUT2D eigenvalue weighted by Gasteiger charge is -2.18. The average molecular weight is 534 g/mol. The second-order valence-electron chi connectivity index (χ2n) is 7.93. The predicted molar refractivity (Wildman–Crippen MR) is 134 cm³/mol. The van der Waals surface area contributed by atoms with Gasteiger partial charge in [0.2, 0.25) is 5.91 Å². The number of amides is 1. The molecule has 172 valence electrons. The molecule has 0 saturated heterocycles. The fourth-order valence-electron chi connectivity index (χ4n) is 2.44. The molecule has 0 aliphatic rings. The molecule has 8 heteroatoms. The number of carbonyl (C=O) groups excluding carboxylic acids is 1. The Labute approximate surface area is 198 Å². The van der Waals surface area contributed by atoms with Crippen molar-refractivity contribution >= 4 is 35.8 Å². The van der Waals surface area contributed by atoms with Gasteiger partial charge in [-0.3, -0.25) is 4.79 Å². The van der Waals surface area contributed by atoms with Crippen molar-refractivity contribution in [3.05, 3.63) is 29.3 Å². The Morgan fingerprint density at radius 2 is 1.80 bits per heavy atom. The Hall–Kier alpha value is -1.55. The van der Waals surface area contributed by atoms with Crippen LogP contribution in [0.15, 0.2) is 23.2 Å². The molecule has 0 fully saturated rings. The van der Waals surface area contributed by atoms with Gasteiger partial charge in [-0.2, -0.15) is 0 Å². The van der Waals surface area contributed by atoms with Crippen molar-refractivity contribution in [1.82, 2.24) is 16.0 Å². The summed E-state index contributed by atoms with van der Waals surface area (Å²) in [7, 11) is 1.69. The number of nitrogens with zero attached hydrogens (tertiary/aromatic N) is 1. The van der Waals surface area contributed by atoms with Gasteiger partial charge in [-0.25, -0.2) is 4.99 Å². The van der Waals surface area contributed by atoms with Crippen molar-refractivity contribution in [2.45, 2.75) is 47.6 Å². The molecule has 1 rings (SSSR count). The fourth-order valence-corrected chi connectivity index (χ4v) is 2.44. The van der Waals surface area contributed by atoms with Crippen molar-refractivity contribution in [2.75, 3.05) is 40.0 Å². The largest absolute Gasteiger partial charge is 0.493 e. The van der Waals surface area contributed by atoms with E-state index >= 15 is 0 Å². The van der Waals surface area contributed by atoms with Gasteiger partial charge in [0.15, 0.2) is 5.96 Å². The molecule has 1 aromatic carbocycles. The van der Waals surface area contributed by atoms with Crippen molar-refractivity contribution in [3.63, 3.8) is 0 Å². The molecule has 0 aliphatic heterocycles. The van der Waals surface area contributed by atoms with E-state index in [-0.39, 0.29) is 35.3 Å². The number of guanidine groups is 1. The topological polar surface area (TPSA) is 84.0 Å². The zero-order valence-corrected chi connectivity index (χ0v) is 21.6. The lowest BCUT2D eigenvalue weighted by molar-refractivity contribution is -0.128. The van der Waals surface area contributed by atoms with Crippen LogP contribution in [0, 0.1) is 12.3 Å². The molecule has 0 aromatic heterocycles. The van der Waals surface area contributed by atoms with Gasteiger partial charge in [-0.15, -0.1) is 24.0 Å². The Morgan fingerprint density at radius 1 is 1.10 bits per heavy atom. The summed E-state index contributed by atoms with van der Waals surface area (Å²) in [5.41, 5.74) is 1.80. The van der Waals surface area contributed by atoms with E-state index in [1.807, 2.05) is 40.7 Å². The first-order chi connectivity index (χ1) is 13.8. The number of hydrogen-bond acceptors (Lipinski definition) is 4. The van der Waals surface area contributed by atoms with Gasteiger partial charge in [0.05, 0.1) is 13.2 Å². The van der Waals surface area contributed by atoms with Gasteiger partial charge in [0, 0.05) is 50.8 Å². The molecule has 0 atom stereocenters. The van der Waals surface area contributed by atoms with E-state index in [2.05, 4.69) is 33.1 Å². The van der Waals surface area contributed by atoms with Crippen LogP contribution in [-0.4, -0.2) is 51.8 Å². The van der Waals surface area contributed by atoms with Crippen LogP contribution in [0.5, 0.6) is 5.75 Å². The molecule has 0 saturated carbocycles. The summed E-state index contributed by atoms with van der Waals surface area (Å²) in [4.78, 5) is 16.6. The molecule has 0 unspecified atom stereocenters. The first-order valence-electron chi connectivity index (χ1n) is 10.3. The van der Waals surface area contributed by atoms with Gasteiger partial charge in [-0.05, 0) is 25.5 Å². The van der Waals surface area contributed by atoms with Crippen LogP contribution in [0.1, 0.15) is 45.2 Å². The van der Waals surface area contributed by atoms with Crippen LogP contribution >= 0.6 is 24.0 Å². The average Bonchev–Trinajstić information content (AvgIpc) is 2.66. The number of halogens is 1. The van der Waals surface area contributed by atoms with E-state index in [0.29, 0.717) is 38.8 Å². The molecular weight excluding hydrogens is 495 g/mol. The molecule has 30 heavy (non-hydrogen) atoms. The molecule has 0 spiro atoms. The monoisotopic (exact) mass is 534 g/mol. The SMILES string of the molecule is CCNC(=NCc1ccc(C)cc1OCCCOC)NCCNC(=O)C(C)(C)C.I.